The van der Waals surface area contributed by atoms with Crippen molar-refractivity contribution in [1.29, 1.82) is 0 Å². The van der Waals surface area contributed by atoms with Gasteiger partial charge in [0.15, 0.2) is 0 Å². The zero-order chi connectivity index (χ0) is 18.3. The van der Waals surface area contributed by atoms with Gasteiger partial charge in [0.1, 0.15) is 5.75 Å². The van der Waals surface area contributed by atoms with Gasteiger partial charge in [0.05, 0.1) is 17.1 Å². The Labute approximate surface area is 155 Å². The Hall–Kier alpha value is -3.19. The van der Waals surface area contributed by atoms with Gasteiger partial charge in [-0.3, -0.25) is 4.79 Å². The van der Waals surface area contributed by atoms with Gasteiger partial charge in [0.2, 0.25) is 0 Å². The van der Waals surface area contributed by atoms with Gasteiger partial charge >= 0.3 is 5.69 Å². The molecule has 0 aliphatic heterocycles. The zero-order valence-corrected chi connectivity index (χ0v) is 14.9. The summed E-state index contributed by atoms with van der Waals surface area (Å²) in [5.74, 6) is 0.0258. The van der Waals surface area contributed by atoms with E-state index in [0.29, 0.717) is 21.9 Å². The van der Waals surface area contributed by atoms with Gasteiger partial charge in [0.25, 0.3) is 5.56 Å². The number of H-pyrrole nitrogens is 1. The first-order valence-electron chi connectivity index (χ1n) is 7.75. The number of rotatable bonds is 2. The number of hydrogen-bond acceptors (Lipinski definition) is 4. The molecule has 1 heterocycles. The van der Waals surface area contributed by atoms with E-state index in [1.54, 1.807) is 36.4 Å². The number of phenolic OH excluding ortho intramolecular Hbond substituents is 1. The molecular weight excluding hydrogens is 398 g/mol. The van der Waals surface area contributed by atoms with Crippen molar-refractivity contribution in [1.82, 2.24) is 9.66 Å². The number of nitrogens with zero attached hydrogens (tertiary/aromatic N) is 2. The number of fused-ring (bicyclic) bond motifs is 2. The van der Waals surface area contributed by atoms with E-state index in [4.69, 9.17) is 0 Å². The number of nitrogens with one attached hydrogen (secondary N) is 1. The number of para-hydroxylation sites is 1. The molecule has 0 atom stereocenters. The quantitative estimate of drug-likeness (QED) is 0.498. The molecule has 0 fully saturated rings. The van der Waals surface area contributed by atoms with Crippen molar-refractivity contribution in [3.8, 4) is 5.75 Å². The molecule has 0 aliphatic rings. The molecule has 0 saturated heterocycles. The smallest absolute Gasteiger partial charge is 0.349 e. The minimum absolute atomic E-state index is 0.0258. The molecule has 0 aliphatic carbocycles. The van der Waals surface area contributed by atoms with Crippen LogP contribution in [0.25, 0.3) is 21.7 Å². The van der Waals surface area contributed by atoms with E-state index >= 15 is 0 Å². The van der Waals surface area contributed by atoms with Crippen LogP contribution in [0, 0.1) is 0 Å². The number of aromatic nitrogens is 2. The Bertz CT molecular complexity index is 1310. The van der Waals surface area contributed by atoms with Crippen molar-refractivity contribution in [3.63, 3.8) is 0 Å². The van der Waals surface area contributed by atoms with Gasteiger partial charge in [-0.25, -0.2) is 4.79 Å². The lowest BCUT2D eigenvalue weighted by molar-refractivity contribution is 0.480. The molecule has 0 radical (unpaired) electrons. The molecule has 26 heavy (non-hydrogen) atoms. The maximum atomic E-state index is 12.5. The maximum Gasteiger partial charge on any atom is 0.349 e. The molecule has 0 spiro atoms. The van der Waals surface area contributed by atoms with E-state index in [1.165, 1.54) is 6.21 Å². The van der Waals surface area contributed by atoms with E-state index in [2.05, 4.69) is 26.0 Å². The summed E-state index contributed by atoms with van der Waals surface area (Å²) in [6, 6.07) is 15.7. The van der Waals surface area contributed by atoms with Crippen molar-refractivity contribution in [2.75, 3.05) is 0 Å². The predicted molar refractivity (Wildman–Crippen MR) is 105 cm³/mol. The highest BCUT2D eigenvalue weighted by Gasteiger charge is 2.10. The Morgan fingerprint density at radius 3 is 2.42 bits per heavy atom. The summed E-state index contributed by atoms with van der Waals surface area (Å²) in [6.07, 6.45) is 1.29. The number of hydrogen-bond donors (Lipinski definition) is 2. The molecule has 0 amide bonds. The van der Waals surface area contributed by atoms with E-state index in [9.17, 15) is 14.7 Å². The Balaban J connectivity index is 1.89. The van der Waals surface area contributed by atoms with Crippen LogP contribution in [0.3, 0.4) is 0 Å². The van der Waals surface area contributed by atoms with Crippen molar-refractivity contribution >= 4 is 43.8 Å². The second-order valence-electron chi connectivity index (χ2n) is 5.68. The molecule has 2 N–H and O–H groups in total. The summed E-state index contributed by atoms with van der Waals surface area (Å²) in [6.45, 7) is 0. The van der Waals surface area contributed by atoms with Crippen molar-refractivity contribution in [2.24, 2.45) is 5.10 Å². The molecule has 7 heteroatoms. The van der Waals surface area contributed by atoms with Crippen molar-refractivity contribution < 1.29 is 5.11 Å². The lowest BCUT2D eigenvalue weighted by Gasteiger charge is -2.07. The Kier molecular flexibility index (Phi) is 3.93. The minimum Gasteiger partial charge on any atom is -0.507 e. The highest BCUT2D eigenvalue weighted by Crippen LogP contribution is 2.33. The van der Waals surface area contributed by atoms with E-state index < -0.39 is 11.2 Å². The third kappa shape index (κ3) is 2.62. The summed E-state index contributed by atoms with van der Waals surface area (Å²) in [7, 11) is 0. The minimum atomic E-state index is -0.649. The summed E-state index contributed by atoms with van der Waals surface area (Å²) < 4.78 is 1.51. The molecule has 0 unspecified atom stereocenters. The summed E-state index contributed by atoms with van der Waals surface area (Å²) in [5, 5.41) is 16.3. The monoisotopic (exact) mass is 409 g/mol. The maximum absolute atomic E-state index is 12.5. The fourth-order valence-corrected chi connectivity index (χ4v) is 3.40. The predicted octanol–water partition coefficient (Wildman–Crippen LogP) is 3.19. The normalized spacial score (nSPS) is 11.6. The molecule has 0 saturated carbocycles. The number of halogens is 1. The van der Waals surface area contributed by atoms with Gasteiger partial charge in [-0.05, 0) is 23.6 Å². The van der Waals surface area contributed by atoms with Crippen LogP contribution in [-0.2, 0) is 0 Å². The molecule has 4 rings (SSSR count). The van der Waals surface area contributed by atoms with Gasteiger partial charge < -0.3 is 10.1 Å². The number of aromatic hydroxyl groups is 1. The average molecular weight is 410 g/mol. The van der Waals surface area contributed by atoms with Crippen molar-refractivity contribution in [2.45, 2.75) is 0 Å². The number of phenols is 1. The number of benzene rings is 3. The second-order valence-corrected chi connectivity index (χ2v) is 6.53. The summed E-state index contributed by atoms with van der Waals surface area (Å²) >= 11 is 3.46. The SMILES string of the molecule is O=c1[nH]c2ccccc2c(=O)n1/N=C/c1cc(Br)c2ccccc2c1O. The van der Waals surface area contributed by atoms with E-state index in [0.717, 1.165) is 14.5 Å². The van der Waals surface area contributed by atoms with Crippen LogP contribution < -0.4 is 11.2 Å². The standard InChI is InChI=1S/C19H12BrN3O3/c20-15-9-11(17(24)13-6-2-1-5-12(13)15)10-21-23-18(25)14-7-3-4-8-16(14)22-19(23)26/h1-10,24H,(H,22,26)/b21-10+. The van der Waals surface area contributed by atoms with E-state index in [-0.39, 0.29) is 5.75 Å². The summed E-state index contributed by atoms with van der Waals surface area (Å²) in [5.41, 5.74) is -0.343. The van der Waals surface area contributed by atoms with E-state index in [1.807, 2.05) is 18.2 Å². The Morgan fingerprint density at radius 2 is 1.65 bits per heavy atom. The molecule has 1 aromatic heterocycles. The van der Waals surface area contributed by atoms with Crippen LogP contribution in [0.2, 0.25) is 0 Å². The van der Waals surface area contributed by atoms with Crippen LogP contribution in [0.4, 0.5) is 0 Å². The van der Waals surface area contributed by atoms with Gasteiger partial charge in [-0.1, -0.05) is 52.3 Å². The van der Waals surface area contributed by atoms with Crippen LogP contribution in [0.1, 0.15) is 5.56 Å². The molecule has 4 aromatic rings. The molecule has 0 bridgehead atoms. The van der Waals surface area contributed by atoms with Crippen LogP contribution >= 0.6 is 15.9 Å². The first kappa shape index (κ1) is 16.3. The third-order valence-corrected chi connectivity index (χ3v) is 4.75. The zero-order valence-electron chi connectivity index (χ0n) is 13.3. The first-order chi connectivity index (χ1) is 12.6. The largest absolute Gasteiger partial charge is 0.507 e. The summed E-state index contributed by atoms with van der Waals surface area (Å²) in [4.78, 5) is 27.3. The molecular formula is C19H12BrN3O3. The number of aromatic amines is 1. The van der Waals surface area contributed by atoms with Gasteiger partial charge in [-0.15, -0.1) is 4.68 Å². The third-order valence-electron chi connectivity index (χ3n) is 4.09. The topological polar surface area (TPSA) is 87.5 Å². The lowest BCUT2D eigenvalue weighted by atomic mass is 10.1. The molecule has 6 nitrogen and oxygen atoms in total. The molecule has 128 valence electrons. The molecule has 3 aromatic carbocycles. The second kappa shape index (κ2) is 6.27. The van der Waals surface area contributed by atoms with Crippen molar-refractivity contribution in [3.05, 3.63) is 85.5 Å². The lowest BCUT2D eigenvalue weighted by Crippen LogP contribution is -2.32. The fourth-order valence-electron chi connectivity index (χ4n) is 2.81. The Morgan fingerprint density at radius 1 is 1.00 bits per heavy atom. The van der Waals surface area contributed by atoms with Crippen LogP contribution in [-0.4, -0.2) is 21.0 Å². The van der Waals surface area contributed by atoms with Crippen LogP contribution in [0.5, 0.6) is 5.75 Å². The first-order valence-corrected chi connectivity index (χ1v) is 8.54. The van der Waals surface area contributed by atoms with Crippen LogP contribution in [0.15, 0.2) is 73.8 Å². The highest BCUT2D eigenvalue weighted by molar-refractivity contribution is 9.10. The fraction of sp³-hybridized carbons (Fsp3) is 0. The highest BCUT2D eigenvalue weighted by atomic mass is 79.9. The van der Waals surface area contributed by atoms with Gasteiger partial charge in [-0.2, -0.15) is 5.10 Å². The van der Waals surface area contributed by atoms with Gasteiger partial charge in [0, 0.05) is 15.4 Å². The average Bonchev–Trinajstić information content (AvgIpc) is 2.65.